The van der Waals surface area contributed by atoms with Crippen molar-refractivity contribution in [2.45, 2.75) is 39.7 Å². The van der Waals surface area contributed by atoms with Gasteiger partial charge in [0.1, 0.15) is 6.07 Å². The summed E-state index contributed by atoms with van der Waals surface area (Å²) in [5, 5.41) is 11.5. The Labute approximate surface area is 107 Å². The van der Waals surface area contributed by atoms with E-state index in [1.54, 1.807) is 6.07 Å². The minimum absolute atomic E-state index is 0.0641. The van der Waals surface area contributed by atoms with Gasteiger partial charge in [0, 0.05) is 6.04 Å². The molecule has 1 aromatic carbocycles. The molecular weight excluding hydrogens is 234 g/mol. The topological polar surface area (TPSA) is 35.8 Å². The molecule has 0 aliphatic rings. The molecule has 0 aliphatic carbocycles. The first-order valence-electron chi connectivity index (χ1n) is 6.10. The highest BCUT2D eigenvalue weighted by atomic mass is 19.2. The first kappa shape index (κ1) is 14.4. The number of anilines is 1. The van der Waals surface area contributed by atoms with Crippen LogP contribution in [-0.2, 0) is 0 Å². The van der Waals surface area contributed by atoms with Crippen molar-refractivity contribution in [2.75, 3.05) is 5.32 Å². The SMILES string of the molecule is CC(C)CCC(C)Nc1ccc(C#N)c(F)c1F. The fraction of sp³-hybridized carbons (Fsp3) is 0.500. The third-order valence-corrected chi connectivity index (χ3v) is 2.78. The van der Waals surface area contributed by atoms with Crippen LogP contribution >= 0.6 is 0 Å². The highest BCUT2D eigenvalue weighted by Gasteiger charge is 2.14. The van der Waals surface area contributed by atoms with E-state index in [9.17, 15) is 8.78 Å². The number of halogens is 2. The highest BCUT2D eigenvalue weighted by molar-refractivity contribution is 5.50. The van der Waals surface area contributed by atoms with Crippen LogP contribution in [0.2, 0.25) is 0 Å². The molecule has 98 valence electrons. The van der Waals surface area contributed by atoms with Gasteiger partial charge in [-0.05, 0) is 37.8 Å². The van der Waals surface area contributed by atoms with E-state index < -0.39 is 11.6 Å². The number of nitrogens with zero attached hydrogens (tertiary/aromatic N) is 1. The second-order valence-corrected chi connectivity index (χ2v) is 4.92. The summed E-state index contributed by atoms with van der Waals surface area (Å²) in [6.45, 7) is 6.17. The van der Waals surface area contributed by atoms with Crippen molar-refractivity contribution >= 4 is 5.69 Å². The predicted molar refractivity (Wildman–Crippen MR) is 68.2 cm³/mol. The second kappa shape index (κ2) is 6.34. The zero-order valence-electron chi connectivity index (χ0n) is 10.9. The minimum Gasteiger partial charge on any atom is -0.380 e. The molecule has 1 unspecified atom stereocenters. The Bertz CT molecular complexity index is 450. The lowest BCUT2D eigenvalue weighted by atomic mass is 10.0. The van der Waals surface area contributed by atoms with E-state index in [0.717, 1.165) is 12.8 Å². The lowest BCUT2D eigenvalue weighted by Crippen LogP contribution is -2.17. The van der Waals surface area contributed by atoms with Crippen molar-refractivity contribution < 1.29 is 8.78 Å². The number of benzene rings is 1. The minimum atomic E-state index is -1.08. The van der Waals surface area contributed by atoms with Crippen LogP contribution in [0.4, 0.5) is 14.5 Å². The van der Waals surface area contributed by atoms with Crippen molar-refractivity contribution in [2.24, 2.45) is 5.92 Å². The molecule has 1 rings (SSSR count). The molecule has 2 nitrogen and oxygen atoms in total. The molecule has 0 saturated heterocycles. The standard InChI is InChI=1S/C14H18F2N2/c1-9(2)4-5-10(3)18-12-7-6-11(8-17)13(15)14(12)16/h6-7,9-10,18H,4-5H2,1-3H3. The summed E-state index contributed by atoms with van der Waals surface area (Å²) in [4.78, 5) is 0. The van der Waals surface area contributed by atoms with Crippen LogP contribution in [0.15, 0.2) is 12.1 Å². The van der Waals surface area contributed by atoms with Crippen molar-refractivity contribution in [1.29, 1.82) is 5.26 Å². The number of hydrogen-bond acceptors (Lipinski definition) is 2. The molecule has 0 heterocycles. The van der Waals surface area contributed by atoms with E-state index >= 15 is 0 Å². The summed E-state index contributed by atoms with van der Waals surface area (Å²) in [5.41, 5.74) is -0.157. The molecular formula is C14H18F2N2. The summed E-state index contributed by atoms with van der Waals surface area (Å²) in [5.74, 6) is -1.49. The Hall–Kier alpha value is -1.63. The van der Waals surface area contributed by atoms with Gasteiger partial charge in [0.25, 0.3) is 0 Å². The number of hydrogen-bond donors (Lipinski definition) is 1. The molecule has 0 fully saturated rings. The Balaban J connectivity index is 2.74. The second-order valence-electron chi connectivity index (χ2n) is 4.92. The van der Waals surface area contributed by atoms with Crippen LogP contribution in [0.3, 0.4) is 0 Å². The van der Waals surface area contributed by atoms with Crippen LogP contribution in [0.5, 0.6) is 0 Å². The summed E-state index contributed by atoms with van der Waals surface area (Å²) in [7, 11) is 0. The summed E-state index contributed by atoms with van der Waals surface area (Å²) >= 11 is 0. The Morgan fingerprint density at radius 1 is 1.17 bits per heavy atom. The Kier molecular flexibility index (Phi) is 5.08. The monoisotopic (exact) mass is 252 g/mol. The first-order valence-corrected chi connectivity index (χ1v) is 6.10. The van der Waals surface area contributed by atoms with E-state index in [0.29, 0.717) is 5.92 Å². The lowest BCUT2D eigenvalue weighted by molar-refractivity contribution is 0.501. The zero-order chi connectivity index (χ0) is 13.7. The van der Waals surface area contributed by atoms with Crippen LogP contribution < -0.4 is 5.32 Å². The molecule has 1 aromatic rings. The average Bonchev–Trinajstić information content (AvgIpc) is 2.33. The van der Waals surface area contributed by atoms with E-state index in [2.05, 4.69) is 19.2 Å². The van der Waals surface area contributed by atoms with Gasteiger partial charge in [0.15, 0.2) is 11.6 Å². The van der Waals surface area contributed by atoms with Gasteiger partial charge in [0.2, 0.25) is 0 Å². The first-order chi connectivity index (χ1) is 8.45. The number of nitrogens with one attached hydrogen (secondary N) is 1. The Morgan fingerprint density at radius 2 is 1.83 bits per heavy atom. The van der Waals surface area contributed by atoms with Gasteiger partial charge in [-0.3, -0.25) is 0 Å². The molecule has 0 aliphatic heterocycles. The van der Waals surface area contributed by atoms with Crippen molar-refractivity contribution in [3.05, 3.63) is 29.3 Å². The van der Waals surface area contributed by atoms with E-state index in [1.807, 2.05) is 6.92 Å². The number of nitriles is 1. The maximum Gasteiger partial charge on any atom is 0.183 e. The maximum atomic E-state index is 13.6. The fourth-order valence-electron chi connectivity index (χ4n) is 1.67. The van der Waals surface area contributed by atoms with Gasteiger partial charge >= 0.3 is 0 Å². The van der Waals surface area contributed by atoms with Gasteiger partial charge in [-0.2, -0.15) is 5.26 Å². The van der Waals surface area contributed by atoms with E-state index in [1.165, 1.54) is 12.1 Å². The molecule has 0 saturated carbocycles. The Morgan fingerprint density at radius 3 is 2.39 bits per heavy atom. The quantitative estimate of drug-likeness (QED) is 0.857. The van der Waals surface area contributed by atoms with Crippen molar-refractivity contribution in [3.63, 3.8) is 0 Å². The highest BCUT2D eigenvalue weighted by Crippen LogP contribution is 2.21. The zero-order valence-corrected chi connectivity index (χ0v) is 10.9. The molecule has 0 aromatic heterocycles. The van der Waals surface area contributed by atoms with Crippen LogP contribution in [0.25, 0.3) is 0 Å². The van der Waals surface area contributed by atoms with Gasteiger partial charge in [0.05, 0.1) is 11.3 Å². The van der Waals surface area contributed by atoms with Gasteiger partial charge in [-0.15, -0.1) is 0 Å². The average molecular weight is 252 g/mol. The maximum absolute atomic E-state index is 13.6. The fourth-order valence-corrected chi connectivity index (χ4v) is 1.67. The molecule has 4 heteroatoms. The third kappa shape index (κ3) is 3.69. The molecule has 1 N–H and O–H groups in total. The van der Waals surface area contributed by atoms with Gasteiger partial charge in [-0.25, -0.2) is 8.78 Å². The number of rotatable bonds is 5. The lowest BCUT2D eigenvalue weighted by Gasteiger charge is -2.17. The molecule has 0 radical (unpaired) electrons. The predicted octanol–water partition coefficient (Wildman–Crippen LogP) is 4.07. The normalized spacial score (nSPS) is 12.3. The summed E-state index contributed by atoms with van der Waals surface area (Å²) < 4.78 is 27.0. The van der Waals surface area contributed by atoms with Crippen LogP contribution in [0.1, 0.15) is 39.2 Å². The summed E-state index contributed by atoms with van der Waals surface area (Å²) in [6.07, 6.45) is 1.91. The van der Waals surface area contributed by atoms with Crippen LogP contribution in [-0.4, -0.2) is 6.04 Å². The smallest absolute Gasteiger partial charge is 0.183 e. The van der Waals surface area contributed by atoms with Crippen molar-refractivity contribution in [1.82, 2.24) is 0 Å². The van der Waals surface area contributed by atoms with E-state index in [4.69, 9.17) is 5.26 Å². The van der Waals surface area contributed by atoms with Gasteiger partial charge in [-0.1, -0.05) is 13.8 Å². The molecule has 18 heavy (non-hydrogen) atoms. The largest absolute Gasteiger partial charge is 0.380 e. The van der Waals surface area contributed by atoms with Crippen molar-refractivity contribution in [3.8, 4) is 6.07 Å². The molecule has 1 atom stereocenters. The van der Waals surface area contributed by atoms with E-state index in [-0.39, 0.29) is 17.3 Å². The van der Waals surface area contributed by atoms with Crippen LogP contribution in [0, 0.1) is 28.9 Å². The molecule has 0 spiro atoms. The van der Waals surface area contributed by atoms with Gasteiger partial charge < -0.3 is 5.32 Å². The third-order valence-electron chi connectivity index (χ3n) is 2.78. The molecule has 0 bridgehead atoms. The molecule has 0 amide bonds. The summed E-state index contributed by atoms with van der Waals surface area (Å²) in [6, 6.07) is 4.37.